The molecule has 3 rings (SSSR count). The lowest BCUT2D eigenvalue weighted by atomic mass is 10.2. The molecule has 3 aromatic rings. The number of halogens is 1. The summed E-state index contributed by atoms with van der Waals surface area (Å²) in [6.45, 7) is 7.05. The summed E-state index contributed by atoms with van der Waals surface area (Å²) < 4.78 is 5.70. The molecule has 0 fully saturated rings. The highest BCUT2D eigenvalue weighted by Gasteiger charge is 2.12. The molecule has 0 amide bonds. The van der Waals surface area contributed by atoms with Crippen molar-refractivity contribution in [3.05, 3.63) is 56.4 Å². The van der Waals surface area contributed by atoms with Crippen molar-refractivity contribution in [2.24, 2.45) is 0 Å². The van der Waals surface area contributed by atoms with E-state index in [1.807, 2.05) is 39.0 Å². The molecule has 8 heteroatoms. The fraction of sp³-hybridized carbons (Fsp3) is 0.368. The first kappa shape index (κ1) is 19.5. The first-order chi connectivity index (χ1) is 13.0. The average molecular weight is 404 g/mol. The third-order valence-corrected chi connectivity index (χ3v) is 5.46. The first-order valence-electron chi connectivity index (χ1n) is 8.76. The third-order valence-electron chi connectivity index (χ3n) is 4.02. The largest absolute Gasteiger partial charge is 0.463 e. The minimum atomic E-state index is 0.284. The van der Waals surface area contributed by atoms with E-state index >= 15 is 0 Å². The van der Waals surface area contributed by atoms with Gasteiger partial charge in [-0.05, 0) is 45.7 Å². The van der Waals surface area contributed by atoms with Gasteiger partial charge in [-0.1, -0.05) is 17.7 Å². The van der Waals surface area contributed by atoms with Crippen molar-refractivity contribution in [2.45, 2.75) is 40.2 Å². The molecule has 0 bridgehead atoms. The summed E-state index contributed by atoms with van der Waals surface area (Å²) in [6.07, 6.45) is 3.47. The fourth-order valence-electron chi connectivity index (χ4n) is 2.57. The number of nitrogens with zero attached hydrogens (tertiary/aromatic N) is 4. The minimum Gasteiger partial charge on any atom is -0.463 e. The number of hydrogen-bond donors (Lipinski definition) is 1. The number of ether oxygens (including phenoxy) is 1. The van der Waals surface area contributed by atoms with Crippen molar-refractivity contribution >= 4 is 28.8 Å². The summed E-state index contributed by atoms with van der Waals surface area (Å²) in [6, 6.07) is 6.18. The first-order valence-corrected chi connectivity index (χ1v) is 9.96. The second-order valence-electron chi connectivity index (χ2n) is 6.14. The van der Waals surface area contributed by atoms with E-state index < -0.39 is 0 Å². The lowest BCUT2D eigenvalue weighted by molar-refractivity contribution is 0.286. The predicted octanol–water partition coefficient (Wildman–Crippen LogP) is 4.53. The molecule has 0 unspecified atom stereocenters. The highest BCUT2D eigenvalue weighted by atomic mass is 35.5. The maximum Gasteiger partial charge on any atom is 0.319 e. The number of rotatable bonds is 8. The van der Waals surface area contributed by atoms with E-state index in [1.165, 1.54) is 4.88 Å². The van der Waals surface area contributed by atoms with Crippen LogP contribution in [-0.4, -0.2) is 26.5 Å². The molecule has 0 saturated heterocycles. The summed E-state index contributed by atoms with van der Waals surface area (Å²) in [5, 5.41) is 4.77. The Labute approximate surface area is 168 Å². The van der Waals surface area contributed by atoms with E-state index in [0.717, 1.165) is 34.8 Å². The summed E-state index contributed by atoms with van der Waals surface area (Å²) in [7, 11) is 0. The van der Waals surface area contributed by atoms with Crippen LogP contribution in [0.1, 0.15) is 33.3 Å². The molecule has 3 heterocycles. The third kappa shape index (κ3) is 5.37. The maximum atomic E-state index is 6.25. The molecule has 0 aliphatic heterocycles. The maximum absolute atomic E-state index is 6.25. The smallest absolute Gasteiger partial charge is 0.319 e. The van der Waals surface area contributed by atoms with Crippen molar-refractivity contribution in [1.29, 1.82) is 0 Å². The van der Waals surface area contributed by atoms with Crippen molar-refractivity contribution < 1.29 is 4.74 Å². The van der Waals surface area contributed by atoms with Crippen molar-refractivity contribution in [3.8, 4) is 6.01 Å². The monoisotopic (exact) mass is 403 g/mol. The van der Waals surface area contributed by atoms with Crippen LogP contribution in [0, 0.1) is 20.8 Å². The number of nitrogens with one attached hydrogen (secondary N) is 1. The molecule has 0 aliphatic rings. The van der Waals surface area contributed by atoms with Gasteiger partial charge in [0.1, 0.15) is 11.0 Å². The van der Waals surface area contributed by atoms with Crippen LogP contribution in [0.5, 0.6) is 6.01 Å². The van der Waals surface area contributed by atoms with Crippen LogP contribution in [0.4, 0.5) is 5.82 Å². The molecule has 0 atom stereocenters. The lowest BCUT2D eigenvalue weighted by Gasteiger charge is -2.11. The van der Waals surface area contributed by atoms with E-state index in [-0.39, 0.29) is 6.01 Å². The molecule has 0 radical (unpaired) electrons. The summed E-state index contributed by atoms with van der Waals surface area (Å²) in [5.41, 5.74) is 2.88. The molecule has 0 spiro atoms. The Bertz CT molecular complexity index is 901. The molecule has 0 aromatic carbocycles. The molecule has 6 nitrogen and oxygen atoms in total. The molecular formula is C19H22ClN5OS. The zero-order valence-corrected chi connectivity index (χ0v) is 17.2. The number of aromatic nitrogens is 4. The zero-order valence-electron chi connectivity index (χ0n) is 15.6. The number of pyridine rings is 1. The van der Waals surface area contributed by atoms with Gasteiger partial charge in [0.05, 0.1) is 23.9 Å². The Morgan fingerprint density at radius 2 is 2.00 bits per heavy atom. The van der Waals surface area contributed by atoms with Crippen LogP contribution in [0.3, 0.4) is 0 Å². The second kappa shape index (κ2) is 9.10. The molecule has 1 N–H and O–H groups in total. The SMILES string of the molecule is Cc1nc(C)c(CNc2nc(OCCCc3ccccn3)nc(Cl)c2C)s1. The predicted molar refractivity (Wildman–Crippen MR) is 109 cm³/mol. The Morgan fingerprint density at radius 1 is 1.15 bits per heavy atom. The highest BCUT2D eigenvalue weighted by molar-refractivity contribution is 7.11. The minimum absolute atomic E-state index is 0.284. The van der Waals surface area contributed by atoms with Gasteiger partial charge in [0.25, 0.3) is 0 Å². The van der Waals surface area contributed by atoms with Gasteiger partial charge in [-0.25, -0.2) is 4.98 Å². The van der Waals surface area contributed by atoms with Gasteiger partial charge in [0.2, 0.25) is 0 Å². The van der Waals surface area contributed by atoms with Crippen LogP contribution >= 0.6 is 22.9 Å². The summed E-state index contributed by atoms with van der Waals surface area (Å²) >= 11 is 7.93. The second-order valence-corrected chi connectivity index (χ2v) is 7.78. The highest BCUT2D eigenvalue weighted by Crippen LogP contribution is 2.25. The molecule has 27 heavy (non-hydrogen) atoms. The number of anilines is 1. The van der Waals surface area contributed by atoms with Gasteiger partial charge >= 0.3 is 6.01 Å². The quantitative estimate of drug-likeness (QED) is 0.440. The van der Waals surface area contributed by atoms with Gasteiger partial charge in [-0.3, -0.25) is 4.98 Å². The molecule has 142 valence electrons. The van der Waals surface area contributed by atoms with Gasteiger partial charge in [0, 0.05) is 22.3 Å². The van der Waals surface area contributed by atoms with Crippen molar-refractivity contribution in [2.75, 3.05) is 11.9 Å². The topological polar surface area (TPSA) is 72.8 Å². The van der Waals surface area contributed by atoms with Crippen molar-refractivity contribution in [3.63, 3.8) is 0 Å². The zero-order chi connectivity index (χ0) is 19.2. The number of thiazole rings is 1. The van der Waals surface area contributed by atoms with E-state index in [1.54, 1.807) is 17.5 Å². The van der Waals surface area contributed by atoms with Crippen LogP contribution in [0.25, 0.3) is 0 Å². The van der Waals surface area contributed by atoms with Crippen molar-refractivity contribution in [1.82, 2.24) is 19.9 Å². The van der Waals surface area contributed by atoms with Crippen LogP contribution in [0.15, 0.2) is 24.4 Å². The Kier molecular flexibility index (Phi) is 6.58. The fourth-order valence-corrected chi connectivity index (χ4v) is 3.61. The van der Waals surface area contributed by atoms with Gasteiger partial charge in [-0.15, -0.1) is 11.3 Å². The molecule has 0 saturated carbocycles. The average Bonchev–Trinajstić information content (AvgIpc) is 2.98. The van der Waals surface area contributed by atoms with Crippen LogP contribution in [-0.2, 0) is 13.0 Å². The van der Waals surface area contributed by atoms with E-state index in [4.69, 9.17) is 16.3 Å². The Hall–Kier alpha value is -2.25. The van der Waals surface area contributed by atoms with Crippen LogP contribution in [0.2, 0.25) is 5.15 Å². The standard InChI is InChI=1S/C19H22ClN5OS/c1-12-17(20)24-19(26-10-6-8-15-7-4-5-9-21-15)25-18(12)22-11-16-13(2)23-14(3)27-16/h4-5,7,9H,6,8,10-11H2,1-3H3,(H,22,24,25). The Balaban J connectivity index is 1.58. The summed E-state index contributed by atoms with van der Waals surface area (Å²) in [5.74, 6) is 0.681. The molecule has 0 aliphatic carbocycles. The van der Waals surface area contributed by atoms with Crippen LogP contribution < -0.4 is 10.1 Å². The summed E-state index contributed by atoms with van der Waals surface area (Å²) in [4.78, 5) is 18.6. The molecule has 3 aromatic heterocycles. The van der Waals surface area contributed by atoms with E-state index in [0.29, 0.717) is 24.1 Å². The number of hydrogen-bond acceptors (Lipinski definition) is 7. The van der Waals surface area contributed by atoms with E-state index in [9.17, 15) is 0 Å². The normalized spacial score (nSPS) is 10.8. The van der Waals surface area contributed by atoms with Gasteiger partial charge in [0.15, 0.2) is 0 Å². The van der Waals surface area contributed by atoms with Gasteiger partial charge < -0.3 is 10.1 Å². The lowest BCUT2D eigenvalue weighted by Crippen LogP contribution is -2.08. The molecular weight excluding hydrogens is 382 g/mol. The number of aryl methyl sites for hydroxylation is 3. The van der Waals surface area contributed by atoms with E-state index in [2.05, 4.69) is 25.3 Å². The van der Waals surface area contributed by atoms with Gasteiger partial charge in [-0.2, -0.15) is 9.97 Å². The Morgan fingerprint density at radius 3 is 2.70 bits per heavy atom.